The van der Waals surface area contributed by atoms with E-state index in [0.29, 0.717) is 18.1 Å². The molecule has 0 aliphatic rings. The highest BCUT2D eigenvalue weighted by molar-refractivity contribution is 5.20. The largest absolute Gasteiger partial charge is 0.481 e. The Hall–Kier alpha value is -1.99. The number of aliphatic hydroxyl groups excluding tert-OH is 1. The molecule has 7 heteroatoms. The summed E-state index contributed by atoms with van der Waals surface area (Å²) in [6, 6.07) is 2.96. The van der Waals surface area contributed by atoms with Gasteiger partial charge in [-0.3, -0.25) is 0 Å². The predicted molar refractivity (Wildman–Crippen MR) is 66.5 cm³/mol. The molecule has 2 aromatic heterocycles. The molecule has 2 aromatic rings. The number of rotatable bonds is 5. The first kappa shape index (κ1) is 13.4. The van der Waals surface area contributed by atoms with E-state index in [4.69, 9.17) is 15.0 Å². The maximum atomic E-state index is 9.35. The Labute approximate surface area is 110 Å². The molecule has 0 spiro atoms. The van der Waals surface area contributed by atoms with Gasteiger partial charge < -0.3 is 20.1 Å². The molecule has 0 saturated heterocycles. The van der Waals surface area contributed by atoms with Gasteiger partial charge in [0.15, 0.2) is 5.82 Å². The van der Waals surface area contributed by atoms with Crippen LogP contribution in [0, 0.1) is 0 Å². The van der Waals surface area contributed by atoms with Gasteiger partial charge in [0, 0.05) is 18.7 Å². The van der Waals surface area contributed by atoms with Crippen molar-refractivity contribution >= 4 is 0 Å². The summed E-state index contributed by atoms with van der Waals surface area (Å²) < 4.78 is 9.99. The maximum Gasteiger partial charge on any atom is 0.246 e. The van der Waals surface area contributed by atoms with Gasteiger partial charge in [-0.1, -0.05) is 11.2 Å². The predicted octanol–water partition coefficient (Wildman–Crippen LogP) is 0.445. The average molecular weight is 264 g/mol. The Balaban J connectivity index is 2.06. The lowest BCUT2D eigenvalue weighted by Crippen LogP contribution is -2.23. The summed E-state index contributed by atoms with van der Waals surface area (Å²) >= 11 is 0. The zero-order valence-corrected chi connectivity index (χ0v) is 10.8. The van der Waals surface area contributed by atoms with Crippen LogP contribution in [0.2, 0.25) is 0 Å². The van der Waals surface area contributed by atoms with E-state index >= 15 is 0 Å². The number of aliphatic hydroxyl groups is 1. The minimum atomic E-state index is -0.740. The molecular formula is C12H16N4O3. The molecule has 3 N–H and O–H groups in total. The molecule has 0 saturated carbocycles. The number of nitrogens with zero attached hydrogens (tertiary/aromatic N) is 3. The van der Waals surface area contributed by atoms with E-state index in [-0.39, 0.29) is 5.89 Å². The topological polar surface area (TPSA) is 107 Å². The normalized spacial score (nSPS) is 14.1. The van der Waals surface area contributed by atoms with Crippen LogP contribution in [0.3, 0.4) is 0 Å². The summed E-state index contributed by atoms with van der Waals surface area (Å²) in [6.07, 6.45) is 1.42. The van der Waals surface area contributed by atoms with Crippen LogP contribution in [0.15, 0.2) is 22.9 Å². The molecule has 0 aliphatic carbocycles. The molecular weight excluding hydrogens is 248 g/mol. The molecule has 19 heavy (non-hydrogen) atoms. The first-order valence-electron chi connectivity index (χ1n) is 5.85. The Morgan fingerprint density at radius 2 is 2.26 bits per heavy atom. The minimum absolute atomic E-state index is 0.228. The number of methoxy groups -OCH3 is 1. The zero-order valence-electron chi connectivity index (χ0n) is 10.8. The summed E-state index contributed by atoms with van der Waals surface area (Å²) in [5.74, 6) is 1.28. The molecule has 0 bridgehead atoms. The van der Waals surface area contributed by atoms with Crippen LogP contribution in [0.1, 0.15) is 30.2 Å². The average Bonchev–Trinajstić information content (AvgIpc) is 2.87. The molecule has 0 amide bonds. The van der Waals surface area contributed by atoms with E-state index in [9.17, 15) is 5.11 Å². The van der Waals surface area contributed by atoms with Crippen LogP contribution in [-0.4, -0.2) is 33.4 Å². The number of ether oxygens (including phenoxy) is 1. The molecule has 7 nitrogen and oxygen atoms in total. The van der Waals surface area contributed by atoms with Crippen molar-refractivity contribution in [2.75, 3.05) is 7.11 Å². The quantitative estimate of drug-likeness (QED) is 0.806. The summed E-state index contributed by atoms with van der Waals surface area (Å²) in [6.45, 7) is 1.57. The van der Waals surface area contributed by atoms with Gasteiger partial charge in [0.05, 0.1) is 13.2 Å². The molecule has 2 heterocycles. The van der Waals surface area contributed by atoms with Crippen LogP contribution in [0.5, 0.6) is 5.88 Å². The third-order valence-corrected chi connectivity index (χ3v) is 2.66. The van der Waals surface area contributed by atoms with Crippen LogP contribution < -0.4 is 10.5 Å². The van der Waals surface area contributed by atoms with Crippen molar-refractivity contribution in [2.24, 2.45) is 5.73 Å². The van der Waals surface area contributed by atoms with E-state index in [1.165, 1.54) is 0 Å². The van der Waals surface area contributed by atoms with Crippen molar-refractivity contribution in [3.8, 4) is 5.88 Å². The molecule has 0 fully saturated rings. The van der Waals surface area contributed by atoms with Crippen LogP contribution in [0.25, 0.3) is 0 Å². The summed E-state index contributed by atoms with van der Waals surface area (Å²) in [5.41, 5.74) is 6.64. The highest BCUT2D eigenvalue weighted by Gasteiger charge is 2.19. The third-order valence-electron chi connectivity index (χ3n) is 2.66. The zero-order chi connectivity index (χ0) is 13.8. The van der Waals surface area contributed by atoms with E-state index in [0.717, 1.165) is 5.56 Å². The molecule has 0 aliphatic heterocycles. The van der Waals surface area contributed by atoms with Crippen molar-refractivity contribution < 1.29 is 14.4 Å². The first-order valence-corrected chi connectivity index (χ1v) is 5.85. The Kier molecular flexibility index (Phi) is 4.08. The second kappa shape index (κ2) is 5.77. The SMILES string of the molecule is COc1ccc(Cc2noc(C(N)C(C)O)n2)cn1. The number of hydrogen-bond acceptors (Lipinski definition) is 7. The van der Waals surface area contributed by atoms with E-state index in [2.05, 4.69) is 15.1 Å². The Morgan fingerprint density at radius 3 is 2.84 bits per heavy atom. The molecule has 0 aromatic carbocycles. The van der Waals surface area contributed by atoms with Crippen molar-refractivity contribution in [2.45, 2.75) is 25.5 Å². The monoisotopic (exact) mass is 264 g/mol. The number of pyridine rings is 1. The van der Waals surface area contributed by atoms with Crippen molar-refractivity contribution in [1.82, 2.24) is 15.1 Å². The van der Waals surface area contributed by atoms with Crippen molar-refractivity contribution in [1.29, 1.82) is 0 Å². The smallest absolute Gasteiger partial charge is 0.246 e. The third kappa shape index (κ3) is 3.27. The van der Waals surface area contributed by atoms with Crippen molar-refractivity contribution in [3.05, 3.63) is 35.6 Å². The first-order chi connectivity index (χ1) is 9.10. The van der Waals surface area contributed by atoms with Gasteiger partial charge in [0.25, 0.3) is 0 Å². The van der Waals surface area contributed by atoms with Gasteiger partial charge in [-0.25, -0.2) is 4.98 Å². The standard InChI is InChI=1S/C12H16N4O3/c1-7(17)11(13)12-15-9(16-19-12)5-8-3-4-10(18-2)14-6-8/h3-4,6-7,11,17H,5,13H2,1-2H3. The fraction of sp³-hybridized carbons (Fsp3) is 0.417. The molecule has 2 atom stereocenters. The van der Waals surface area contributed by atoms with Gasteiger partial charge in [-0.15, -0.1) is 0 Å². The Bertz CT molecular complexity index is 524. The molecule has 0 radical (unpaired) electrons. The van der Waals surface area contributed by atoms with Gasteiger partial charge in [0.1, 0.15) is 6.04 Å². The number of hydrogen-bond donors (Lipinski definition) is 2. The molecule has 2 rings (SSSR count). The van der Waals surface area contributed by atoms with Crippen LogP contribution in [0.4, 0.5) is 0 Å². The number of aromatic nitrogens is 3. The minimum Gasteiger partial charge on any atom is -0.481 e. The summed E-state index contributed by atoms with van der Waals surface area (Å²) in [5, 5.41) is 13.2. The lowest BCUT2D eigenvalue weighted by Gasteiger charge is -2.08. The lowest BCUT2D eigenvalue weighted by molar-refractivity contribution is 0.146. The number of nitrogens with two attached hydrogens (primary N) is 1. The van der Waals surface area contributed by atoms with Gasteiger partial charge in [-0.2, -0.15) is 4.98 Å². The van der Waals surface area contributed by atoms with Gasteiger partial charge in [0.2, 0.25) is 11.8 Å². The second-order valence-electron chi connectivity index (χ2n) is 4.20. The fourth-order valence-electron chi connectivity index (χ4n) is 1.50. The lowest BCUT2D eigenvalue weighted by atomic mass is 10.2. The summed E-state index contributed by atoms with van der Waals surface area (Å²) in [4.78, 5) is 8.24. The maximum absolute atomic E-state index is 9.35. The van der Waals surface area contributed by atoms with Crippen molar-refractivity contribution in [3.63, 3.8) is 0 Å². The highest BCUT2D eigenvalue weighted by atomic mass is 16.5. The Morgan fingerprint density at radius 1 is 1.47 bits per heavy atom. The van der Waals surface area contributed by atoms with E-state index in [1.54, 1.807) is 26.3 Å². The highest BCUT2D eigenvalue weighted by Crippen LogP contribution is 2.14. The van der Waals surface area contributed by atoms with E-state index in [1.807, 2.05) is 6.07 Å². The van der Waals surface area contributed by atoms with E-state index < -0.39 is 12.1 Å². The molecule has 102 valence electrons. The fourth-order valence-corrected chi connectivity index (χ4v) is 1.50. The second-order valence-corrected chi connectivity index (χ2v) is 4.20. The van der Waals surface area contributed by atoms with Crippen LogP contribution in [-0.2, 0) is 6.42 Å². The van der Waals surface area contributed by atoms with Crippen LogP contribution >= 0.6 is 0 Å². The van der Waals surface area contributed by atoms with Gasteiger partial charge >= 0.3 is 0 Å². The van der Waals surface area contributed by atoms with Gasteiger partial charge in [-0.05, 0) is 12.5 Å². The molecule has 2 unspecified atom stereocenters. The summed E-state index contributed by atoms with van der Waals surface area (Å²) in [7, 11) is 1.56.